The van der Waals surface area contributed by atoms with E-state index in [1.54, 1.807) is 6.07 Å². The molecule has 0 heterocycles. The van der Waals surface area contributed by atoms with Gasteiger partial charge in [-0.1, -0.05) is 24.6 Å². The van der Waals surface area contributed by atoms with Gasteiger partial charge in [-0.15, -0.1) is 0 Å². The Labute approximate surface area is 112 Å². The van der Waals surface area contributed by atoms with Crippen LogP contribution in [0.4, 0.5) is 0 Å². The minimum atomic E-state index is -3.61. The van der Waals surface area contributed by atoms with Gasteiger partial charge in [0.15, 0.2) is 0 Å². The first kappa shape index (κ1) is 13.8. The van der Waals surface area contributed by atoms with Gasteiger partial charge < -0.3 is 5.11 Å². The van der Waals surface area contributed by atoms with E-state index in [0.717, 1.165) is 12.8 Å². The van der Waals surface area contributed by atoms with Gasteiger partial charge in [0, 0.05) is 6.54 Å². The summed E-state index contributed by atoms with van der Waals surface area (Å²) in [6.45, 7) is 2.26. The second-order valence-corrected chi connectivity index (χ2v) is 7.20. The van der Waals surface area contributed by atoms with Gasteiger partial charge in [0.1, 0.15) is 4.90 Å². The van der Waals surface area contributed by atoms with Crippen molar-refractivity contribution in [1.82, 2.24) is 4.72 Å². The zero-order valence-electron chi connectivity index (χ0n) is 10.1. The summed E-state index contributed by atoms with van der Waals surface area (Å²) in [4.78, 5) is 0.0277. The largest absolute Gasteiger partial charge is 0.392 e. The number of aliphatic hydroxyl groups is 1. The molecule has 0 saturated heterocycles. The van der Waals surface area contributed by atoms with Crippen LogP contribution >= 0.6 is 11.6 Å². The Morgan fingerprint density at radius 1 is 1.44 bits per heavy atom. The van der Waals surface area contributed by atoms with E-state index >= 15 is 0 Å². The Hall–Kier alpha value is -0.620. The highest BCUT2D eigenvalue weighted by molar-refractivity contribution is 7.89. The first-order valence-electron chi connectivity index (χ1n) is 5.75. The molecule has 0 unspecified atom stereocenters. The average Bonchev–Trinajstić information content (AvgIpc) is 3.06. The molecule has 0 atom stereocenters. The van der Waals surface area contributed by atoms with Gasteiger partial charge in [0.05, 0.1) is 11.6 Å². The molecule has 18 heavy (non-hydrogen) atoms. The number of nitrogens with one attached hydrogen (secondary N) is 1. The van der Waals surface area contributed by atoms with Crippen LogP contribution in [0.25, 0.3) is 0 Å². The van der Waals surface area contributed by atoms with E-state index in [-0.39, 0.29) is 21.9 Å². The third-order valence-corrected chi connectivity index (χ3v) is 5.14. The number of rotatable bonds is 5. The standard InChI is InChI=1S/C12H16ClNO3S/c1-12(4-5-12)8-14-18(16,17)11-6-9(7-15)2-3-10(11)13/h2-3,6,14-15H,4-5,7-8H2,1H3. The predicted molar refractivity (Wildman–Crippen MR) is 69.9 cm³/mol. The molecule has 0 aromatic heterocycles. The lowest BCUT2D eigenvalue weighted by molar-refractivity contribution is 0.281. The van der Waals surface area contributed by atoms with Crippen LogP contribution in [0, 0.1) is 5.41 Å². The fourth-order valence-electron chi connectivity index (χ4n) is 1.59. The smallest absolute Gasteiger partial charge is 0.242 e. The summed E-state index contributed by atoms with van der Waals surface area (Å²) in [6.07, 6.45) is 2.08. The quantitative estimate of drug-likeness (QED) is 0.870. The van der Waals surface area contributed by atoms with Crippen LogP contribution in [0.1, 0.15) is 25.3 Å². The molecule has 4 nitrogen and oxygen atoms in total. The maximum atomic E-state index is 12.1. The van der Waals surface area contributed by atoms with E-state index in [0.29, 0.717) is 12.1 Å². The third kappa shape index (κ3) is 3.03. The third-order valence-electron chi connectivity index (χ3n) is 3.26. The van der Waals surface area contributed by atoms with Crippen molar-refractivity contribution in [2.24, 2.45) is 5.41 Å². The van der Waals surface area contributed by atoms with Crippen LogP contribution in [-0.4, -0.2) is 20.1 Å². The van der Waals surface area contributed by atoms with Crippen molar-refractivity contribution < 1.29 is 13.5 Å². The van der Waals surface area contributed by atoms with Crippen LogP contribution in [0.3, 0.4) is 0 Å². The summed E-state index contributed by atoms with van der Waals surface area (Å²) in [5, 5.41) is 9.20. The monoisotopic (exact) mass is 289 g/mol. The van der Waals surface area contributed by atoms with Crippen LogP contribution in [0.15, 0.2) is 23.1 Å². The average molecular weight is 290 g/mol. The second kappa shape index (κ2) is 4.81. The van der Waals surface area contributed by atoms with Crippen molar-refractivity contribution in [3.8, 4) is 0 Å². The number of hydrogen-bond acceptors (Lipinski definition) is 3. The van der Waals surface area contributed by atoms with Crippen molar-refractivity contribution in [2.45, 2.75) is 31.3 Å². The minimum absolute atomic E-state index is 0.0277. The summed E-state index contributed by atoms with van der Waals surface area (Å²) in [5.41, 5.74) is 0.617. The van der Waals surface area contributed by atoms with E-state index in [1.807, 2.05) is 6.92 Å². The highest BCUT2D eigenvalue weighted by Gasteiger charge is 2.38. The summed E-state index contributed by atoms with van der Waals surface area (Å²) in [7, 11) is -3.61. The topological polar surface area (TPSA) is 66.4 Å². The molecule has 100 valence electrons. The lowest BCUT2D eigenvalue weighted by atomic mass is 10.2. The maximum absolute atomic E-state index is 12.1. The van der Waals surface area contributed by atoms with E-state index in [4.69, 9.17) is 16.7 Å². The lowest BCUT2D eigenvalue weighted by Gasteiger charge is -2.12. The highest BCUT2D eigenvalue weighted by atomic mass is 35.5. The van der Waals surface area contributed by atoms with E-state index < -0.39 is 10.0 Å². The first-order valence-corrected chi connectivity index (χ1v) is 7.61. The normalized spacial score (nSPS) is 17.7. The molecule has 1 aromatic carbocycles. The Bertz CT molecular complexity index is 552. The summed E-state index contributed by atoms with van der Waals surface area (Å²) >= 11 is 5.90. The minimum Gasteiger partial charge on any atom is -0.392 e. The zero-order chi connectivity index (χ0) is 13.4. The Kier molecular flexibility index (Phi) is 3.69. The number of aliphatic hydroxyl groups excluding tert-OH is 1. The molecule has 0 bridgehead atoms. The van der Waals surface area contributed by atoms with Crippen molar-refractivity contribution in [2.75, 3.05) is 6.54 Å². The van der Waals surface area contributed by atoms with E-state index in [2.05, 4.69) is 4.72 Å². The van der Waals surface area contributed by atoms with Gasteiger partial charge in [-0.3, -0.25) is 0 Å². The fraction of sp³-hybridized carbons (Fsp3) is 0.500. The molecule has 1 aliphatic rings. The number of halogens is 1. The van der Waals surface area contributed by atoms with Crippen molar-refractivity contribution in [3.05, 3.63) is 28.8 Å². The first-order chi connectivity index (χ1) is 8.36. The molecular weight excluding hydrogens is 274 g/mol. The Morgan fingerprint density at radius 2 is 2.11 bits per heavy atom. The van der Waals surface area contributed by atoms with Gasteiger partial charge in [0.25, 0.3) is 0 Å². The number of benzene rings is 1. The molecular formula is C12H16ClNO3S. The lowest BCUT2D eigenvalue weighted by Crippen LogP contribution is -2.29. The van der Waals surface area contributed by atoms with Crippen LogP contribution in [-0.2, 0) is 16.6 Å². The molecule has 0 amide bonds. The van der Waals surface area contributed by atoms with Crippen LogP contribution in [0.5, 0.6) is 0 Å². The van der Waals surface area contributed by atoms with Gasteiger partial charge in [-0.2, -0.15) is 0 Å². The molecule has 0 radical (unpaired) electrons. The van der Waals surface area contributed by atoms with Gasteiger partial charge in [-0.05, 0) is 36.0 Å². The second-order valence-electron chi connectivity index (χ2n) is 5.06. The highest BCUT2D eigenvalue weighted by Crippen LogP contribution is 2.44. The maximum Gasteiger partial charge on any atom is 0.242 e. The summed E-state index contributed by atoms with van der Waals surface area (Å²) in [6, 6.07) is 4.49. The number of sulfonamides is 1. The molecule has 2 N–H and O–H groups in total. The molecule has 1 fully saturated rings. The van der Waals surface area contributed by atoms with Gasteiger partial charge in [0.2, 0.25) is 10.0 Å². The van der Waals surface area contributed by atoms with E-state index in [1.165, 1.54) is 12.1 Å². The van der Waals surface area contributed by atoms with E-state index in [9.17, 15) is 8.42 Å². The zero-order valence-corrected chi connectivity index (χ0v) is 11.7. The van der Waals surface area contributed by atoms with Crippen LogP contribution in [0.2, 0.25) is 5.02 Å². The Balaban J connectivity index is 2.22. The molecule has 1 aliphatic carbocycles. The Morgan fingerprint density at radius 3 is 2.67 bits per heavy atom. The molecule has 1 saturated carbocycles. The number of hydrogen-bond donors (Lipinski definition) is 2. The predicted octanol–water partition coefficient (Wildman–Crippen LogP) is 1.91. The SMILES string of the molecule is CC1(CNS(=O)(=O)c2cc(CO)ccc2Cl)CC1. The molecule has 6 heteroatoms. The van der Waals surface area contributed by atoms with Crippen LogP contribution < -0.4 is 4.72 Å². The van der Waals surface area contributed by atoms with Gasteiger partial charge >= 0.3 is 0 Å². The molecule has 0 aliphatic heterocycles. The molecule has 2 rings (SSSR count). The molecule has 1 aromatic rings. The summed E-state index contributed by atoms with van der Waals surface area (Å²) < 4.78 is 26.8. The van der Waals surface area contributed by atoms with Crippen molar-refractivity contribution in [3.63, 3.8) is 0 Å². The van der Waals surface area contributed by atoms with Crippen molar-refractivity contribution >= 4 is 21.6 Å². The molecule has 0 spiro atoms. The van der Waals surface area contributed by atoms with Crippen molar-refractivity contribution in [1.29, 1.82) is 0 Å². The fourth-order valence-corrected chi connectivity index (χ4v) is 3.34. The van der Waals surface area contributed by atoms with Gasteiger partial charge in [-0.25, -0.2) is 13.1 Å². The summed E-state index contributed by atoms with van der Waals surface area (Å²) in [5.74, 6) is 0.